The molecule has 5 heteroatoms. The molecule has 0 saturated carbocycles. The lowest BCUT2D eigenvalue weighted by atomic mass is 10.1. The predicted octanol–water partition coefficient (Wildman–Crippen LogP) is -0.326. The number of hydrogen-bond acceptors (Lipinski definition) is 4. The van der Waals surface area contributed by atoms with Crippen LogP contribution in [0.25, 0.3) is 0 Å². The predicted molar refractivity (Wildman–Crippen MR) is 50.9 cm³/mol. The van der Waals surface area contributed by atoms with Gasteiger partial charge in [-0.3, -0.25) is 14.5 Å². The van der Waals surface area contributed by atoms with E-state index in [0.717, 1.165) is 0 Å². The molecule has 2 bridgehead atoms. The number of ether oxygens (including phenoxy) is 1. The molecule has 0 aliphatic carbocycles. The maximum atomic E-state index is 11.8. The number of aliphatic hydroxyl groups excluding tert-OH is 1. The highest BCUT2D eigenvalue weighted by Gasteiger charge is 2.47. The number of rotatable bonds is 3. The SMILES string of the molecule is CC(CCO)N1C(=O)C2CCC(O2)C1=O. The molecule has 0 spiro atoms. The summed E-state index contributed by atoms with van der Waals surface area (Å²) in [7, 11) is 0. The Bertz CT molecular complexity index is 269. The second-order valence-electron chi connectivity index (χ2n) is 4.10. The zero-order chi connectivity index (χ0) is 11.0. The Morgan fingerprint density at radius 2 is 1.93 bits per heavy atom. The van der Waals surface area contributed by atoms with Crippen LogP contribution in [-0.4, -0.2) is 46.7 Å². The summed E-state index contributed by atoms with van der Waals surface area (Å²) in [5, 5.41) is 8.81. The molecule has 3 unspecified atom stereocenters. The number of hydrogen-bond donors (Lipinski definition) is 1. The Morgan fingerprint density at radius 1 is 1.40 bits per heavy atom. The van der Waals surface area contributed by atoms with Gasteiger partial charge in [0, 0.05) is 12.6 Å². The molecule has 1 N–H and O–H groups in total. The average molecular weight is 213 g/mol. The first-order valence-corrected chi connectivity index (χ1v) is 5.28. The Morgan fingerprint density at radius 3 is 2.40 bits per heavy atom. The summed E-state index contributed by atoms with van der Waals surface area (Å²) in [5.41, 5.74) is 0. The van der Waals surface area contributed by atoms with Crippen LogP contribution in [-0.2, 0) is 14.3 Å². The summed E-state index contributed by atoms with van der Waals surface area (Å²) < 4.78 is 5.28. The summed E-state index contributed by atoms with van der Waals surface area (Å²) in [6.07, 6.45) is 0.828. The second kappa shape index (κ2) is 3.90. The van der Waals surface area contributed by atoms with Crippen molar-refractivity contribution in [1.82, 2.24) is 4.90 Å². The van der Waals surface area contributed by atoms with Crippen molar-refractivity contribution in [3.8, 4) is 0 Å². The van der Waals surface area contributed by atoms with Crippen LogP contribution >= 0.6 is 0 Å². The maximum Gasteiger partial charge on any atom is 0.258 e. The number of nitrogens with zero attached hydrogens (tertiary/aromatic N) is 1. The monoisotopic (exact) mass is 213 g/mol. The van der Waals surface area contributed by atoms with Gasteiger partial charge in [0.15, 0.2) is 0 Å². The van der Waals surface area contributed by atoms with Crippen LogP contribution in [0.15, 0.2) is 0 Å². The molecule has 2 fully saturated rings. The second-order valence-corrected chi connectivity index (χ2v) is 4.10. The van der Waals surface area contributed by atoms with Crippen molar-refractivity contribution in [2.24, 2.45) is 0 Å². The van der Waals surface area contributed by atoms with E-state index in [1.807, 2.05) is 0 Å². The van der Waals surface area contributed by atoms with E-state index in [-0.39, 0.29) is 24.5 Å². The zero-order valence-electron chi connectivity index (χ0n) is 8.68. The van der Waals surface area contributed by atoms with Crippen LogP contribution in [0.3, 0.4) is 0 Å². The first-order valence-electron chi connectivity index (χ1n) is 5.28. The smallest absolute Gasteiger partial charge is 0.258 e. The van der Waals surface area contributed by atoms with Gasteiger partial charge in [-0.25, -0.2) is 0 Å². The van der Waals surface area contributed by atoms with Crippen LogP contribution in [0, 0.1) is 0 Å². The molecule has 2 aliphatic rings. The lowest BCUT2D eigenvalue weighted by Crippen LogP contribution is -2.55. The normalized spacial score (nSPS) is 32.3. The summed E-state index contributed by atoms with van der Waals surface area (Å²) in [5.74, 6) is -0.482. The number of aliphatic hydroxyl groups is 1. The molecule has 15 heavy (non-hydrogen) atoms. The van der Waals surface area contributed by atoms with E-state index >= 15 is 0 Å². The fraction of sp³-hybridized carbons (Fsp3) is 0.800. The molecule has 2 saturated heterocycles. The minimum atomic E-state index is -0.436. The molecule has 5 nitrogen and oxygen atoms in total. The summed E-state index contributed by atoms with van der Waals surface area (Å²) in [6.45, 7) is 1.76. The Kier molecular flexibility index (Phi) is 2.75. The number of morpholine rings is 1. The summed E-state index contributed by atoms with van der Waals surface area (Å²) in [6, 6.07) is -0.234. The molecule has 84 valence electrons. The number of imide groups is 1. The van der Waals surface area contributed by atoms with Crippen LogP contribution in [0.2, 0.25) is 0 Å². The van der Waals surface area contributed by atoms with Gasteiger partial charge in [0.2, 0.25) is 0 Å². The Balaban J connectivity index is 2.16. The molecule has 2 amide bonds. The van der Waals surface area contributed by atoms with Gasteiger partial charge < -0.3 is 9.84 Å². The summed E-state index contributed by atoms with van der Waals surface area (Å²) >= 11 is 0. The van der Waals surface area contributed by atoms with Gasteiger partial charge in [-0.05, 0) is 26.2 Å². The van der Waals surface area contributed by atoms with Crippen molar-refractivity contribution < 1.29 is 19.4 Å². The first-order chi connectivity index (χ1) is 7.15. The molecule has 3 atom stereocenters. The number of likely N-dealkylation sites (tertiary alicyclic amines) is 1. The van der Waals surface area contributed by atoms with E-state index in [1.54, 1.807) is 6.92 Å². The Hall–Kier alpha value is -0.940. The molecule has 0 aromatic rings. The molecule has 2 rings (SSSR count). The van der Waals surface area contributed by atoms with E-state index in [0.29, 0.717) is 19.3 Å². The zero-order valence-corrected chi connectivity index (χ0v) is 8.68. The van der Waals surface area contributed by atoms with Crippen molar-refractivity contribution in [3.05, 3.63) is 0 Å². The Labute approximate surface area is 88.0 Å². The van der Waals surface area contributed by atoms with Crippen LogP contribution in [0.5, 0.6) is 0 Å². The van der Waals surface area contributed by atoms with Gasteiger partial charge in [-0.2, -0.15) is 0 Å². The van der Waals surface area contributed by atoms with E-state index < -0.39 is 12.2 Å². The largest absolute Gasteiger partial charge is 0.396 e. The topological polar surface area (TPSA) is 66.8 Å². The van der Waals surface area contributed by atoms with Crippen molar-refractivity contribution >= 4 is 11.8 Å². The third-order valence-electron chi connectivity index (χ3n) is 3.03. The number of carbonyl (C=O) groups excluding carboxylic acids is 2. The molecule has 2 aliphatic heterocycles. The average Bonchev–Trinajstić information content (AvgIpc) is 2.62. The van der Waals surface area contributed by atoms with Crippen LogP contribution in [0.4, 0.5) is 0 Å². The highest BCUT2D eigenvalue weighted by molar-refractivity contribution is 6.02. The fourth-order valence-corrected chi connectivity index (χ4v) is 2.17. The van der Waals surface area contributed by atoms with Gasteiger partial charge in [-0.1, -0.05) is 0 Å². The van der Waals surface area contributed by atoms with Crippen LogP contribution < -0.4 is 0 Å². The standard InChI is InChI=1S/C10H15NO4/c1-6(4-5-12)11-9(13)7-2-3-8(15-7)10(11)14/h6-8,12H,2-5H2,1H3. The van der Waals surface area contributed by atoms with Crippen molar-refractivity contribution in [1.29, 1.82) is 0 Å². The van der Waals surface area contributed by atoms with E-state index in [4.69, 9.17) is 9.84 Å². The third kappa shape index (κ3) is 1.66. The lowest BCUT2D eigenvalue weighted by molar-refractivity contribution is -0.171. The molecule has 0 aromatic heterocycles. The van der Waals surface area contributed by atoms with Gasteiger partial charge >= 0.3 is 0 Å². The van der Waals surface area contributed by atoms with E-state index in [9.17, 15) is 9.59 Å². The van der Waals surface area contributed by atoms with Gasteiger partial charge in [-0.15, -0.1) is 0 Å². The quantitative estimate of drug-likeness (QED) is 0.652. The fourth-order valence-electron chi connectivity index (χ4n) is 2.17. The van der Waals surface area contributed by atoms with Crippen LogP contribution in [0.1, 0.15) is 26.2 Å². The van der Waals surface area contributed by atoms with Crippen molar-refractivity contribution in [2.45, 2.75) is 44.4 Å². The minimum absolute atomic E-state index is 0.0194. The van der Waals surface area contributed by atoms with E-state index in [2.05, 4.69) is 0 Å². The maximum absolute atomic E-state index is 11.8. The first kappa shape index (κ1) is 10.6. The van der Waals surface area contributed by atoms with Gasteiger partial charge in [0.05, 0.1) is 0 Å². The van der Waals surface area contributed by atoms with Crippen molar-refractivity contribution in [2.75, 3.05) is 6.61 Å². The highest BCUT2D eigenvalue weighted by Crippen LogP contribution is 2.29. The molecule has 0 radical (unpaired) electrons. The van der Waals surface area contributed by atoms with Gasteiger partial charge in [0.25, 0.3) is 11.8 Å². The van der Waals surface area contributed by atoms with Gasteiger partial charge in [0.1, 0.15) is 12.2 Å². The third-order valence-corrected chi connectivity index (χ3v) is 3.03. The minimum Gasteiger partial charge on any atom is -0.396 e. The van der Waals surface area contributed by atoms with E-state index in [1.165, 1.54) is 4.90 Å². The number of carbonyl (C=O) groups is 2. The molecular weight excluding hydrogens is 198 g/mol. The lowest BCUT2D eigenvalue weighted by Gasteiger charge is -2.34. The number of amides is 2. The van der Waals surface area contributed by atoms with Crippen molar-refractivity contribution in [3.63, 3.8) is 0 Å². The molecule has 2 heterocycles. The molecule has 0 aromatic carbocycles. The highest BCUT2D eigenvalue weighted by atomic mass is 16.5. The number of fused-ring (bicyclic) bond motifs is 2. The summed E-state index contributed by atoms with van der Waals surface area (Å²) in [4.78, 5) is 24.9. The molecular formula is C10H15NO4.